The highest BCUT2D eigenvalue weighted by molar-refractivity contribution is 5.97. The molecule has 0 radical (unpaired) electrons. The van der Waals surface area contributed by atoms with E-state index in [1.54, 1.807) is 0 Å². The van der Waals surface area contributed by atoms with Crippen LogP contribution in [0.25, 0.3) is 0 Å². The molecule has 0 atom stereocenters. The number of amides is 2. The Bertz CT molecular complexity index is 219. The predicted octanol–water partition coefficient (Wildman–Crippen LogP) is 0.360. The summed E-state index contributed by atoms with van der Waals surface area (Å²) in [5.41, 5.74) is 0. The third-order valence-electron chi connectivity index (χ3n) is 2.12. The van der Waals surface area contributed by atoms with Crippen molar-refractivity contribution >= 4 is 18.1 Å². The zero-order valence-corrected chi connectivity index (χ0v) is 7.66. The second kappa shape index (κ2) is 4.16. The first kappa shape index (κ1) is 9.89. The maximum Gasteiger partial charge on any atom is 0.229 e. The highest BCUT2D eigenvalue weighted by Crippen LogP contribution is 2.18. The number of carbonyl (C=O) groups is 3. The molecule has 0 aliphatic carbocycles. The topological polar surface area (TPSA) is 54.5 Å². The molecule has 1 heterocycles. The Morgan fingerprint density at radius 3 is 2.38 bits per heavy atom. The van der Waals surface area contributed by atoms with Crippen molar-refractivity contribution in [1.82, 2.24) is 4.90 Å². The molecule has 0 aromatic rings. The van der Waals surface area contributed by atoms with Gasteiger partial charge in [0, 0.05) is 25.8 Å². The van der Waals surface area contributed by atoms with E-state index in [-0.39, 0.29) is 30.7 Å². The molecule has 0 spiro atoms. The normalized spacial score (nSPS) is 19.3. The minimum absolute atomic E-state index is 0.146. The van der Waals surface area contributed by atoms with Crippen molar-refractivity contribution < 1.29 is 14.4 Å². The fraction of sp³-hybridized carbons (Fsp3) is 0.667. The van der Waals surface area contributed by atoms with Gasteiger partial charge in [0.1, 0.15) is 6.29 Å². The summed E-state index contributed by atoms with van der Waals surface area (Å²) in [6.45, 7) is 2.13. The van der Waals surface area contributed by atoms with Gasteiger partial charge in [0.2, 0.25) is 11.8 Å². The molecular formula is C9H13NO3. The van der Waals surface area contributed by atoms with Gasteiger partial charge >= 0.3 is 0 Å². The van der Waals surface area contributed by atoms with E-state index in [1.807, 2.05) is 6.92 Å². The lowest BCUT2D eigenvalue weighted by molar-refractivity contribution is -0.149. The fourth-order valence-electron chi connectivity index (χ4n) is 1.46. The standard InChI is InChI=1S/C9H13NO3/c1-7-5-8(12)10(3-2-4-11)9(13)6-7/h4,7H,2-3,5-6H2,1H3. The van der Waals surface area contributed by atoms with Gasteiger partial charge in [-0.05, 0) is 5.92 Å². The summed E-state index contributed by atoms with van der Waals surface area (Å²) in [4.78, 5) is 33.9. The van der Waals surface area contributed by atoms with Crippen molar-refractivity contribution in [2.24, 2.45) is 5.92 Å². The summed E-state index contributed by atoms with van der Waals surface area (Å²) < 4.78 is 0. The van der Waals surface area contributed by atoms with E-state index >= 15 is 0 Å². The van der Waals surface area contributed by atoms with Crippen LogP contribution in [0.3, 0.4) is 0 Å². The maximum atomic E-state index is 11.3. The van der Waals surface area contributed by atoms with Gasteiger partial charge in [-0.25, -0.2) is 0 Å². The van der Waals surface area contributed by atoms with Gasteiger partial charge < -0.3 is 4.79 Å². The fourth-order valence-corrected chi connectivity index (χ4v) is 1.46. The van der Waals surface area contributed by atoms with Gasteiger partial charge in [0.05, 0.1) is 0 Å². The first-order chi connectivity index (χ1) is 6.15. The smallest absolute Gasteiger partial charge is 0.229 e. The van der Waals surface area contributed by atoms with Crippen LogP contribution in [0.2, 0.25) is 0 Å². The van der Waals surface area contributed by atoms with E-state index in [2.05, 4.69) is 0 Å². The number of aldehydes is 1. The van der Waals surface area contributed by atoms with Gasteiger partial charge in [-0.1, -0.05) is 6.92 Å². The number of nitrogens with zero attached hydrogens (tertiary/aromatic N) is 1. The van der Waals surface area contributed by atoms with Crippen LogP contribution < -0.4 is 0 Å². The molecule has 1 aliphatic heterocycles. The molecule has 1 aliphatic rings. The van der Waals surface area contributed by atoms with Crippen LogP contribution in [0.4, 0.5) is 0 Å². The first-order valence-corrected chi connectivity index (χ1v) is 4.42. The third-order valence-corrected chi connectivity index (χ3v) is 2.12. The maximum absolute atomic E-state index is 11.3. The molecule has 1 saturated heterocycles. The number of imide groups is 1. The van der Waals surface area contributed by atoms with E-state index in [1.165, 1.54) is 4.90 Å². The molecule has 2 amide bonds. The van der Waals surface area contributed by atoms with Crippen LogP contribution in [0, 0.1) is 5.92 Å². The van der Waals surface area contributed by atoms with E-state index in [9.17, 15) is 14.4 Å². The zero-order chi connectivity index (χ0) is 9.84. The molecule has 0 aromatic heterocycles. The van der Waals surface area contributed by atoms with Crippen LogP contribution in [-0.2, 0) is 14.4 Å². The molecule has 72 valence electrons. The Labute approximate surface area is 76.9 Å². The number of hydrogen-bond donors (Lipinski definition) is 0. The van der Waals surface area contributed by atoms with Crippen molar-refractivity contribution in [2.45, 2.75) is 26.2 Å². The monoisotopic (exact) mass is 183 g/mol. The Morgan fingerprint density at radius 2 is 1.92 bits per heavy atom. The lowest BCUT2D eigenvalue weighted by Gasteiger charge is -2.27. The van der Waals surface area contributed by atoms with Crippen LogP contribution in [-0.4, -0.2) is 29.5 Å². The van der Waals surface area contributed by atoms with E-state index < -0.39 is 0 Å². The summed E-state index contributed by atoms with van der Waals surface area (Å²) in [7, 11) is 0. The molecule has 4 nitrogen and oxygen atoms in total. The summed E-state index contributed by atoms with van der Waals surface area (Å²) in [6.07, 6.45) is 1.81. The summed E-state index contributed by atoms with van der Waals surface area (Å²) in [5.74, 6) is -0.149. The highest BCUT2D eigenvalue weighted by Gasteiger charge is 2.29. The summed E-state index contributed by atoms with van der Waals surface area (Å²) >= 11 is 0. The Hall–Kier alpha value is -1.19. The quantitative estimate of drug-likeness (QED) is 0.469. The van der Waals surface area contributed by atoms with Crippen molar-refractivity contribution in [3.05, 3.63) is 0 Å². The number of piperidine rings is 1. The number of likely N-dealkylation sites (tertiary alicyclic amines) is 1. The average Bonchev–Trinajstić information content (AvgIpc) is 2.02. The molecule has 0 saturated carbocycles. The van der Waals surface area contributed by atoms with Crippen molar-refractivity contribution in [1.29, 1.82) is 0 Å². The first-order valence-electron chi connectivity index (χ1n) is 4.42. The van der Waals surface area contributed by atoms with E-state index in [0.29, 0.717) is 12.8 Å². The van der Waals surface area contributed by atoms with Crippen molar-refractivity contribution in [3.8, 4) is 0 Å². The SMILES string of the molecule is CC1CC(=O)N(CCC=O)C(=O)C1. The zero-order valence-electron chi connectivity index (χ0n) is 7.66. The molecule has 1 rings (SSSR count). The second-order valence-corrected chi connectivity index (χ2v) is 3.41. The van der Waals surface area contributed by atoms with Gasteiger partial charge in [-0.2, -0.15) is 0 Å². The Balaban J connectivity index is 2.56. The van der Waals surface area contributed by atoms with Crippen LogP contribution in [0.5, 0.6) is 0 Å². The van der Waals surface area contributed by atoms with E-state index in [0.717, 1.165) is 6.29 Å². The van der Waals surface area contributed by atoms with Gasteiger partial charge in [-0.15, -0.1) is 0 Å². The van der Waals surface area contributed by atoms with Crippen LogP contribution >= 0.6 is 0 Å². The molecular weight excluding hydrogens is 170 g/mol. The predicted molar refractivity (Wildman–Crippen MR) is 45.8 cm³/mol. The number of hydrogen-bond acceptors (Lipinski definition) is 3. The molecule has 0 aromatic carbocycles. The minimum Gasteiger partial charge on any atom is -0.303 e. The second-order valence-electron chi connectivity index (χ2n) is 3.41. The lowest BCUT2D eigenvalue weighted by Crippen LogP contribution is -2.43. The Morgan fingerprint density at radius 1 is 1.38 bits per heavy atom. The van der Waals surface area contributed by atoms with Crippen molar-refractivity contribution in [3.63, 3.8) is 0 Å². The Kier molecular flexibility index (Phi) is 3.17. The van der Waals surface area contributed by atoms with Crippen LogP contribution in [0.1, 0.15) is 26.2 Å². The van der Waals surface area contributed by atoms with Gasteiger partial charge in [0.25, 0.3) is 0 Å². The molecule has 0 N–H and O–H groups in total. The molecule has 4 heteroatoms. The van der Waals surface area contributed by atoms with Crippen molar-refractivity contribution in [2.75, 3.05) is 6.54 Å². The van der Waals surface area contributed by atoms with Gasteiger partial charge in [0.15, 0.2) is 0 Å². The highest BCUT2D eigenvalue weighted by atomic mass is 16.2. The van der Waals surface area contributed by atoms with E-state index in [4.69, 9.17) is 0 Å². The molecule has 0 unspecified atom stereocenters. The molecule has 13 heavy (non-hydrogen) atoms. The third kappa shape index (κ3) is 2.37. The molecule has 0 bridgehead atoms. The number of carbonyl (C=O) groups excluding carboxylic acids is 3. The van der Waals surface area contributed by atoms with Gasteiger partial charge in [-0.3, -0.25) is 14.5 Å². The largest absolute Gasteiger partial charge is 0.303 e. The lowest BCUT2D eigenvalue weighted by atomic mass is 9.98. The summed E-state index contributed by atoms with van der Waals surface area (Å²) in [6, 6.07) is 0. The minimum atomic E-state index is -0.148. The average molecular weight is 183 g/mol. The molecule has 1 fully saturated rings. The summed E-state index contributed by atoms with van der Waals surface area (Å²) in [5, 5.41) is 0. The van der Waals surface area contributed by atoms with Crippen LogP contribution in [0.15, 0.2) is 0 Å². The number of rotatable bonds is 3.